The molecule has 108 valence electrons. The third-order valence-electron chi connectivity index (χ3n) is 2.81. The van der Waals surface area contributed by atoms with E-state index in [9.17, 15) is 14.9 Å². The number of nitro groups is 1. The summed E-state index contributed by atoms with van der Waals surface area (Å²) in [5.41, 5.74) is 0.559. The highest BCUT2D eigenvalue weighted by Gasteiger charge is 2.16. The third kappa shape index (κ3) is 3.33. The number of hydrogen-bond acceptors (Lipinski definition) is 5. The zero-order chi connectivity index (χ0) is 15.4. The number of aromatic carboxylic acids is 1. The highest BCUT2D eigenvalue weighted by Crippen LogP contribution is 2.32. The number of nitro benzene ring substituents is 1. The zero-order valence-corrected chi connectivity index (χ0v) is 11.1. The number of carbonyl (C=O) groups is 1. The number of ether oxygens (including phenoxy) is 1. The molecule has 0 radical (unpaired) electrons. The number of benzene rings is 1. The van der Waals surface area contributed by atoms with Crippen LogP contribution in [0.3, 0.4) is 0 Å². The lowest BCUT2D eigenvalue weighted by atomic mass is 10.1. The summed E-state index contributed by atoms with van der Waals surface area (Å²) >= 11 is 0. The van der Waals surface area contributed by atoms with Gasteiger partial charge in [0.15, 0.2) is 0 Å². The molecule has 1 aromatic heterocycles. The van der Waals surface area contributed by atoms with Crippen LogP contribution in [0, 0.1) is 10.1 Å². The predicted octanol–water partition coefficient (Wildman–Crippen LogP) is 3.04. The molecule has 7 nitrogen and oxygen atoms in total. The Morgan fingerprint density at radius 2 is 2.14 bits per heavy atom. The number of carboxylic acid groups (broad SMARTS) is 1. The summed E-state index contributed by atoms with van der Waals surface area (Å²) < 4.78 is 5.41. The quantitative estimate of drug-likeness (QED) is 0.670. The van der Waals surface area contributed by atoms with Gasteiger partial charge in [0.2, 0.25) is 5.75 Å². The topological polar surface area (TPSA) is 103 Å². The summed E-state index contributed by atoms with van der Waals surface area (Å²) in [6.45, 7) is 1.90. The van der Waals surface area contributed by atoms with Gasteiger partial charge in [-0.2, -0.15) is 0 Å². The van der Waals surface area contributed by atoms with Crippen molar-refractivity contribution in [3.8, 4) is 11.5 Å². The maximum Gasteiger partial charge on any atom is 0.354 e. The number of hydrogen-bond donors (Lipinski definition) is 1. The largest absolute Gasteiger partial charge is 0.477 e. The van der Waals surface area contributed by atoms with Crippen LogP contribution in [0.1, 0.15) is 23.0 Å². The molecule has 2 rings (SSSR count). The Morgan fingerprint density at radius 1 is 1.38 bits per heavy atom. The Bertz CT molecular complexity index is 682. The molecule has 0 saturated carbocycles. The van der Waals surface area contributed by atoms with Crippen molar-refractivity contribution in [1.29, 1.82) is 0 Å². The lowest BCUT2D eigenvalue weighted by molar-refractivity contribution is -0.385. The summed E-state index contributed by atoms with van der Waals surface area (Å²) in [7, 11) is 0. The molecule has 0 atom stereocenters. The molecule has 0 amide bonds. The van der Waals surface area contributed by atoms with Gasteiger partial charge in [-0.05, 0) is 30.2 Å². The van der Waals surface area contributed by atoms with E-state index in [2.05, 4.69) is 4.98 Å². The summed E-state index contributed by atoms with van der Waals surface area (Å²) in [5.74, 6) is -0.839. The first-order chi connectivity index (χ1) is 10.0. The Hall–Kier alpha value is -2.96. The van der Waals surface area contributed by atoms with E-state index in [-0.39, 0.29) is 22.9 Å². The first-order valence-electron chi connectivity index (χ1n) is 6.15. The second kappa shape index (κ2) is 6.00. The van der Waals surface area contributed by atoms with Crippen molar-refractivity contribution in [3.05, 3.63) is 57.9 Å². The fraction of sp³-hybridized carbons (Fsp3) is 0.143. The van der Waals surface area contributed by atoms with Gasteiger partial charge in [0.05, 0.1) is 11.1 Å². The van der Waals surface area contributed by atoms with Gasteiger partial charge in [-0.3, -0.25) is 10.1 Å². The molecule has 0 fully saturated rings. The molecule has 0 bridgehead atoms. The minimum Gasteiger partial charge on any atom is -0.477 e. The van der Waals surface area contributed by atoms with Crippen LogP contribution in [0.5, 0.6) is 11.5 Å². The van der Waals surface area contributed by atoms with E-state index in [1.54, 1.807) is 6.07 Å². The lowest BCUT2D eigenvalue weighted by Gasteiger charge is -2.07. The van der Waals surface area contributed by atoms with Crippen LogP contribution in [0.25, 0.3) is 0 Å². The SMILES string of the molecule is CCc1ccc(Oc2ccc(C(=O)O)nc2)c([N+](=O)[O-])c1. The molecule has 0 unspecified atom stereocenters. The summed E-state index contributed by atoms with van der Waals surface area (Å²) in [6.07, 6.45) is 1.89. The van der Waals surface area contributed by atoms with Crippen LogP contribution in [-0.4, -0.2) is 21.0 Å². The molecule has 1 heterocycles. The summed E-state index contributed by atoms with van der Waals surface area (Å²) in [4.78, 5) is 24.9. The predicted molar refractivity (Wildman–Crippen MR) is 73.7 cm³/mol. The van der Waals surface area contributed by atoms with E-state index in [1.165, 1.54) is 30.5 Å². The van der Waals surface area contributed by atoms with Crippen LogP contribution in [0.4, 0.5) is 5.69 Å². The van der Waals surface area contributed by atoms with Crippen LogP contribution in [0.15, 0.2) is 36.5 Å². The molecule has 0 aliphatic heterocycles. The Labute approximate surface area is 120 Å². The van der Waals surface area contributed by atoms with Crippen molar-refractivity contribution in [2.75, 3.05) is 0 Å². The summed E-state index contributed by atoms with van der Waals surface area (Å²) in [6, 6.07) is 7.37. The van der Waals surface area contributed by atoms with E-state index in [4.69, 9.17) is 9.84 Å². The second-order valence-corrected chi connectivity index (χ2v) is 4.20. The monoisotopic (exact) mass is 288 g/mol. The van der Waals surface area contributed by atoms with Crippen molar-refractivity contribution >= 4 is 11.7 Å². The maximum absolute atomic E-state index is 11.1. The highest BCUT2D eigenvalue weighted by molar-refractivity contribution is 5.85. The number of aryl methyl sites for hydroxylation is 1. The van der Waals surface area contributed by atoms with Crippen molar-refractivity contribution < 1.29 is 19.6 Å². The number of nitrogens with zero attached hydrogens (tertiary/aromatic N) is 2. The Morgan fingerprint density at radius 3 is 2.67 bits per heavy atom. The van der Waals surface area contributed by atoms with Gasteiger partial charge in [0.25, 0.3) is 0 Å². The van der Waals surface area contributed by atoms with Crippen LogP contribution < -0.4 is 4.74 Å². The van der Waals surface area contributed by atoms with E-state index in [0.29, 0.717) is 6.42 Å². The molecule has 0 aliphatic rings. The van der Waals surface area contributed by atoms with Crippen LogP contribution >= 0.6 is 0 Å². The molecular weight excluding hydrogens is 276 g/mol. The maximum atomic E-state index is 11.1. The first-order valence-corrected chi connectivity index (χ1v) is 6.15. The summed E-state index contributed by atoms with van der Waals surface area (Å²) in [5, 5.41) is 19.8. The van der Waals surface area contributed by atoms with Gasteiger partial charge in [0.1, 0.15) is 11.4 Å². The second-order valence-electron chi connectivity index (χ2n) is 4.20. The van der Waals surface area contributed by atoms with Gasteiger partial charge in [0, 0.05) is 6.07 Å². The fourth-order valence-electron chi connectivity index (χ4n) is 1.71. The average Bonchev–Trinajstić information content (AvgIpc) is 2.48. The molecule has 21 heavy (non-hydrogen) atoms. The molecule has 1 N–H and O–H groups in total. The average molecular weight is 288 g/mol. The number of rotatable bonds is 5. The highest BCUT2D eigenvalue weighted by atomic mass is 16.6. The fourth-order valence-corrected chi connectivity index (χ4v) is 1.71. The smallest absolute Gasteiger partial charge is 0.354 e. The normalized spacial score (nSPS) is 10.1. The molecule has 0 saturated heterocycles. The lowest BCUT2D eigenvalue weighted by Crippen LogP contribution is -2.00. The van der Waals surface area contributed by atoms with Gasteiger partial charge in [-0.25, -0.2) is 9.78 Å². The standard InChI is InChI=1S/C14H12N2O5/c1-2-9-3-6-13(12(7-9)16(19)20)21-10-4-5-11(14(17)18)15-8-10/h3-8H,2H2,1H3,(H,17,18). The number of carboxylic acids is 1. The zero-order valence-electron chi connectivity index (χ0n) is 11.1. The Balaban J connectivity index is 2.30. The van der Waals surface area contributed by atoms with Gasteiger partial charge < -0.3 is 9.84 Å². The van der Waals surface area contributed by atoms with Crippen LogP contribution in [-0.2, 0) is 6.42 Å². The van der Waals surface area contributed by atoms with Gasteiger partial charge >= 0.3 is 11.7 Å². The number of aromatic nitrogens is 1. The van der Waals surface area contributed by atoms with Crippen molar-refractivity contribution in [2.24, 2.45) is 0 Å². The molecule has 7 heteroatoms. The van der Waals surface area contributed by atoms with E-state index in [0.717, 1.165) is 5.56 Å². The van der Waals surface area contributed by atoms with Crippen molar-refractivity contribution in [3.63, 3.8) is 0 Å². The van der Waals surface area contributed by atoms with Gasteiger partial charge in [-0.1, -0.05) is 13.0 Å². The first kappa shape index (κ1) is 14.4. The van der Waals surface area contributed by atoms with Crippen LogP contribution in [0.2, 0.25) is 0 Å². The molecule has 0 spiro atoms. The number of pyridine rings is 1. The van der Waals surface area contributed by atoms with Gasteiger partial charge in [-0.15, -0.1) is 0 Å². The van der Waals surface area contributed by atoms with E-state index < -0.39 is 10.9 Å². The van der Waals surface area contributed by atoms with Crippen molar-refractivity contribution in [2.45, 2.75) is 13.3 Å². The molecule has 1 aromatic carbocycles. The molecule has 2 aromatic rings. The minimum atomic E-state index is -1.15. The van der Waals surface area contributed by atoms with E-state index in [1.807, 2.05) is 6.92 Å². The third-order valence-corrected chi connectivity index (χ3v) is 2.81. The molecular formula is C14H12N2O5. The Kier molecular flexibility index (Phi) is 4.13. The van der Waals surface area contributed by atoms with E-state index >= 15 is 0 Å². The molecule has 0 aliphatic carbocycles. The van der Waals surface area contributed by atoms with Crippen molar-refractivity contribution in [1.82, 2.24) is 4.98 Å². The minimum absolute atomic E-state index is 0.0853.